The number of hydrogen-bond donors (Lipinski definition) is 3. The van der Waals surface area contributed by atoms with Crippen LogP contribution in [0.15, 0.2) is 23.7 Å². The van der Waals surface area contributed by atoms with E-state index in [0.717, 1.165) is 10.4 Å². The molecule has 3 N–H and O–H groups in total. The molecule has 0 fully saturated rings. The van der Waals surface area contributed by atoms with Crippen LogP contribution in [0, 0.1) is 11.8 Å². The summed E-state index contributed by atoms with van der Waals surface area (Å²) in [6.07, 6.45) is 1.56. The molecule has 1 amide bonds. The SMILES string of the molecule is O=C(NCc1sccc1C#CCO)c1cc(Cl)c[nH]1. The van der Waals surface area contributed by atoms with Gasteiger partial charge in [-0.2, -0.15) is 0 Å². The summed E-state index contributed by atoms with van der Waals surface area (Å²) in [4.78, 5) is 15.5. The van der Waals surface area contributed by atoms with E-state index in [1.807, 2.05) is 11.4 Å². The van der Waals surface area contributed by atoms with Crippen LogP contribution >= 0.6 is 22.9 Å². The van der Waals surface area contributed by atoms with Gasteiger partial charge >= 0.3 is 0 Å². The van der Waals surface area contributed by atoms with Gasteiger partial charge in [0.1, 0.15) is 12.3 Å². The molecule has 4 nitrogen and oxygen atoms in total. The van der Waals surface area contributed by atoms with Gasteiger partial charge in [-0.05, 0) is 17.5 Å². The lowest BCUT2D eigenvalue weighted by molar-refractivity contribution is 0.0947. The summed E-state index contributed by atoms with van der Waals surface area (Å²) in [5.41, 5.74) is 1.24. The van der Waals surface area contributed by atoms with Crippen molar-refractivity contribution < 1.29 is 9.90 Å². The molecular weight excluding hydrogens is 284 g/mol. The molecule has 0 aliphatic rings. The van der Waals surface area contributed by atoms with E-state index in [-0.39, 0.29) is 12.5 Å². The van der Waals surface area contributed by atoms with E-state index in [4.69, 9.17) is 16.7 Å². The van der Waals surface area contributed by atoms with E-state index in [0.29, 0.717) is 17.3 Å². The quantitative estimate of drug-likeness (QED) is 0.758. The van der Waals surface area contributed by atoms with Crippen LogP contribution in [0.5, 0.6) is 0 Å². The Morgan fingerprint density at radius 2 is 2.42 bits per heavy atom. The molecule has 0 spiro atoms. The summed E-state index contributed by atoms with van der Waals surface area (Å²) in [7, 11) is 0. The Morgan fingerprint density at radius 1 is 1.58 bits per heavy atom. The highest BCUT2D eigenvalue weighted by Crippen LogP contribution is 2.16. The maximum Gasteiger partial charge on any atom is 0.268 e. The molecule has 0 saturated heterocycles. The van der Waals surface area contributed by atoms with Crippen LogP contribution in [0.4, 0.5) is 0 Å². The third-order valence-corrected chi connectivity index (χ3v) is 3.49. The first-order valence-electron chi connectivity index (χ1n) is 5.49. The molecule has 0 unspecified atom stereocenters. The number of halogens is 1. The number of carbonyl (C=O) groups excluding carboxylic acids is 1. The first-order chi connectivity index (χ1) is 9.20. The molecule has 2 heterocycles. The van der Waals surface area contributed by atoms with Crippen LogP contribution in [-0.2, 0) is 6.54 Å². The van der Waals surface area contributed by atoms with Gasteiger partial charge in [0.25, 0.3) is 5.91 Å². The molecule has 0 radical (unpaired) electrons. The lowest BCUT2D eigenvalue weighted by Crippen LogP contribution is -2.22. The van der Waals surface area contributed by atoms with Gasteiger partial charge in [0.15, 0.2) is 0 Å². The van der Waals surface area contributed by atoms with Gasteiger partial charge in [0.2, 0.25) is 0 Å². The summed E-state index contributed by atoms with van der Waals surface area (Å²) in [6.45, 7) is 0.213. The predicted octanol–water partition coefficient (Wildman–Crippen LogP) is 2.00. The van der Waals surface area contributed by atoms with Crippen LogP contribution < -0.4 is 5.32 Å². The fraction of sp³-hybridized carbons (Fsp3) is 0.154. The Kier molecular flexibility index (Phi) is 4.63. The standard InChI is InChI=1S/C13H11ClN2O2S/c14-10-6-11(15-7-10)13(18)16-8-12-9(2-1-4-17)3-5-19-12/h3,5-7,15,17H,4,8H2,(H,16,18). The lowest BCUT2D eigenvalue weighted by atomic mass is 10.2. The van der Waals surface area contributed by atoms with Crippen molar-refractivity contribution in [3.8, 4) is 11.8 Å². The number of thiophene rings is 1. The van der Waals surface area contributed by atoms with E-state index in [1.54, 1.807) is 12.3 Å². The summed E-state index contributed by atoms with van der Waals surface area (Å²) in [6, 6.07) is 3.43. The molecular formula is C13H11ClN2O2S. The maximum absolute atomic E-state index is 11.8. The zero-order valence-corrected chi connectivity index (χ0v) is 11.4. The van der Waals surface area contributed by atoms with E-state index in [2.05, 4.69) is 22.1 Å². The average Bonchev–Trinajstić information content (AvgIpc) is 3.02. The number of aliphatic hydroxyl groups excluding tert-OH is 1. The third kappa shape index (κ3) is 3.61. The Labute approximate surface area is 119 Å². The summed E-state index contributed by atoms with van der Waals surface area (Å²) < 4.78 is 0. The smallest absolute Gasteiger partial charge is 0.268 e. The molecule has 0 aliphatic carbocycles. The number of aliphatic hydroxyl groups is 1. The van der Waals surface area contributed by atoms with Crippen molar-refractivity contribution >= 4 is 28.8 Å². The van der Waals surface area contributed by atoms with Crippen LogP contribution in [0.1, 0.15) is 20.9 Å². The Balaban J connectivity index is 1.99. The van der Waals surface area contributed by atoms with E-state index in [1.165, 1.54) is 11.3 Å². The minimum atomic E-state index is -0.221. The second kappa shape index (κ2) is 6.43. The Morgan fingerprint density at radius 3 is 3.11 bits per heavy atom. The molecule has 19 heavy (non-hydrogen) atoms. The van der Waals surface area contributed by atoms with Gasteiger partial charge in [-0.25, -0.2) is 0 Å². The molecule has 2 aromatic heterocycles. The number of H-pyrrole nitrogens is 1. The van der Waals surface area contributed by atoms with Gasteiger partial charge in [-0.3, -0.25) is 4.79 Å². The second-order valence-corrected chi connectivity index (χ2v) is 5.07. The number of hydrogen-bond acceptors (Lipinski definition) is 3. The van der Waals surface area contributed by atoms with Crippen molar-refractivity contribution in [2.75, 3.05) is 6.61 Å². The van der Waals surface area contributed by atoms with Gasteiger partial charge in [0.05, 0.1) is 11.6 Å². The fourth-order valence-electron chi connectivity index (χ4n) is 1.48. The van der Waals surface area contributed by atoms with Crippen molar-refractivity contribution in [3.63, 3.8) is 0 Å². The highest BCUT2D eigenvalue weighted by molar-refractivity contribution is 7.10. The Bertz CT molecular complexity index is 636. The number of aromatic nitrogens is 1. The molecule has 0 saturated carbocycles. The van der Waals surface area contributed by atoms with Crippen molar-refractivity contribution in [3.05, 3.63) is 44.9 Å². The molecule has 2 rings (SSSR count). The highest BCUT2D eigenvalue weighted by atomic mass is 35.5. The highest BCUT2D eigenvalue weighted by Gasteiger charge is 2.09. The zero-order chi connectivity index (χ0) is 13.7. The molecule has 6 heteroatoms. The van der Waals surface area contributed by atoms with Crippen molar-refractivity contribution in [1.29, 1.82) is 0 Å². The van der Waals surface area contributed by atoms with Gasteiger partial charge < -0.3 is 15.4 Å². The van der Waals surface area contributed by atoms with Crippen molar-refractivity contribution in [2.24, 2.45) is 0 Å². The maximum atomic E-state index is 11.8. The number of nitrogens with one attached hydrogen (secondary N) is 2. The van der Waals surface area contributed by atoms with E-state index < -0.39 is 0 Å². The predicted molar refractivity (Wildman–Crippen MR) is 75.3 cm³/mol. The number of aromatic amines is 1. The van der Waals surface area contributed by atoms with Gasteiger partial charge in [-0.15, -0.1) is 11.3 Å². The molecule has 0 bridgehead atoms. The largest absolute Gasteiger partial charge is 0.384 e. The molecule has 2 aromatic rings. The van der Waals surface area contributed by atoms with Crippen molar-refractivity contribution in [1.82, 2.24) is 10.3 Å². The first kappa shape index (κ1) is 13.7. The normalized spacial score (nSPS) is 9.79. The molecule has 0 aliphatic heterocycles. The number of carbonyl (C=O) groups is 1. The third-order valence-electron chi connectivity index (χ3n) is 2.35. The van der Waals surface area contributed by atoms with E-state index in [9.17, 15) is 4.79 Å². The average molecular weight is 295 g/mol. The van der Waals surface area contributed by atoms with E-state index >= 15 is 0 Å². The zero-order valence-electron chi connectivity index (χ0n) is 9.87. The number of rotatable bonds is 3. The van der Waals surface area contributed by atoms with Crippen LogP contribution in [0.2, 0.25) is 5.02 Å². The van der Waals surface area contributed by atoms with Crippen LogP contribution in [0.25, 0.3) is 0 Å². The van der Waals surface area contributed by atoms with Crippen molar-refractivity contribution in [2.45, 2.75) is 6.54 Å². The topological polar surface area (TPSA) is 65.1 Å². The van der Waals surface area contributed by atoms with Gasteiger partial charge in [0, 0.05) is 16.6 Å². The minimum Gasteiger partial charge on any atom is -0.384 e. The van der Waals surface area contributed by atoms with Gasteiger partial charge in [-0.1, -0.05) is 23.4 Å². The number of amides is 1. The molecule has 0 aromatic carbocycles. The van der Waals surface area contributed by atoms with Crippen LogP contribution in [0.3, 0.4) is 0 Å². The summed E-state index contributed by atoms with van der Waals surface area (Å²) >= 11 is 7.24. The summed E-state index contributed by atoms with van der Waals surface area (Å²) in [5.74, 6) is 5.21. The monoisotopic (exact) mass is 294 g/mol. The van der Waals surface area contributed by atoms with Crippen LogP contribution in [-0.4, -0.2) is 22.6 Å². The minimum absolute atomic E-state index is 0.178. The Hall–Kier alpha value is -1.74. The molecule has 98 valence electrons. The lowest BCUT2D eigenvalue weighted by Gasteiger charge is -2.02. The summed E-state index contributed by atoms with van der Waals surface area (Å²) in [5, 5.41) is 13.8. The fourth-order valence-corrected chi connectivity index (χ4v) is 2.41. The second-order valence-electron chi connectivity index (χ2n) is 3.63. The molecule has 0 atom stereocenters. The first-order valence-corrected chi connectivity index (χ1v) is 6.74.